The number of furan rings is 1. The minimum Gasteiger partial charge on any atom is -0.450 e. The molecule has 19 heavy (non-hydrogen) atoms. The van der Waals surface area contributed by atoms with Gasteiger partial charge in [-0.1, -0.05) is 12.1 Å². The topological polar surface area (TPSA) is 71.7 Å². The van der Waals surface area contributed by atoms with Crippen LogP contribution in [0.5, 0.6) is 0 Å². The van der Waals surface area contributed by atoms with Crippen molar-refractivity contribution in [1.29, 1.82) is 0 Å². The third-order valence-electron chi connectivity index (χ3n) is 2.58. The van der Waals surface area contributed by atoms with Crippen LogP contribution in [0.2, 0.25) is 0 Å². The van der Waals surface area contributed by atoms with Crippen LogP contribution in [-0.2, 0) is 4.74 Å². The zero-order valence-electron chi connectivity index (χ0n) is 10.4. The molecule has 1 aromatic carbocycles. The lowest BCUT2D eigenvalue weighted by Gasteiger charge is -2.09. The molecule has 1 amide bonds. The van der Waals surface area contributed by atoms with Crippen molar-refractivity contribution in [1.82, 2.24) is 5.32 Å². The van der Waals surface area contributed by atoms with Crippen LogP contribution in [0, 0.1) is 0 Å². The molecule has 1 aromatic heterocycles. The fraction of sp³-hybridized carbons (Fsp3) is 0.308. The highest BCUT2D eigenvalue weighted by Crippen LogP contribution is 2.26. The number of hydrogen-bond donors (Lipinski definition) is 2. The molecule has 0 aliphatic heterocycles. The maximum absolute atomic E-state index is 11.9. The number of para-hydroxylation sites is 1. The smallest absolute Gasteiger partial charge is 0.287 e. The summed E-state index contributed by atoms with van der Waals surface area (Å²) in [6, 6.07) is 7.24. The van der Waals surface area contributed by atoms with Crippen LogP contribution in [0.15, 0.2) is 33.2 Å². The molecular formula is C13H14BrNO4. The molecule has 1 heterocycles. The van der Waals surface area contributed by atoms with Gasteiger partial charge in [0.15, 0.2) is 5.76 Å². The summed E-state index contributed by atoms with van der Waals surface area (Å²) in [4.78, 5) is 11.9. The molecule has 0 radical (unpaired) electrons. The minimum atomic E-state index is -0.731. The standard InChI is InChI=1S/C13H14BrNO4/c1-18-7-9(16)6-15-13(17)11-5-8-3-2-4-10(14)12(8)19-11/h2-5,9,16H,6-7H2,1H3,(H,15,17). The van der Waals surface area contributed by atoms with Gasteiger partial charge in [-0.3, -0.25) is 4.79 Å². The highest BCUT2D eigenvalue weighted by Gasteiger charge is 2.14. The number of rotatable bonds is 5. The van der Waals surface area contributed by atoms with Crippen LogP contribution in [0.1, 0.15) is 10.6 Å². The third-order valence-corrected chi connectivity index (χ3v) is 3.20. The van der Waals surface area contributed by atoms with Crippen molar-refractivity contribution >= 4 is 32.8 Å². The summed E-state index contributed by atoms with van der Waals surface area (Å²) >= 11 is 3.36. The number of ether oxygens (including phenoxy) is 1. The molecule has 0 spiro atoms. The number of carbonyl (C=O) groups excluding carboxylic acids is 1. The van der Waals surface area contributed by atoms with Crippen LogP contribution in [-0.4, -0.2) is 37.4 Å². The lowest BCUT2D eigenvalue weighted by atomic mass is 10.2. The van der Waals surface area contributed by atoms with Gasteiger partial charge in [0, 0.05) is 19.0 Å². The van der Waals surface area contributed by atoms with E-state index in [2.05, 4.69) is 21.2 Å². The highest BCUT2D eigenvalue weighted by molar-refractivity contribution is 9.10. The molecular weight excluding hydrogens is 314 g/mol. The number of amides is 1. The summed E-state index contributed by atoms with van der Waals surface area (Å²) in [5.74, 6) is -0.148. The SMILES string of the molecule is COCC(O)CNC(=O)c1cc2cccc(Br)c2o1. The largest absolute Gasteiger partial charge is 0.450 e. The van der Waals surface area contributed by atoms with E-state index >= 15 is 0 Å². The van der Waals surface area contributed by atoms with Crippen molar-refractivity contribution in [3.05, 3.63) is 34.5 Å². The normalized spacial score (nSPS) is 12.6. The summed E-state index contributed by atoms with van der Waals surface area (Å²) in [6.07, 6.45) is -0.731. The number of benzene rings is 1. The lowest BCUT2D eigenvalue weighted by molar-refractivity contribution is 0.0603. The summed E-state index contributed by atoms with van der Waals surface area (Å²) in [5, 5.41) is 12.9. The first kappa shape index (κ1) is 14.0. The fourth-order valence-corrected chi connectivity index (χ4v) is 2.15. The Hall–Kier alpha value is -1.37. The zero-order valence-corrected chi connectivity index (χ0v) is 11.9. The third kappa shape index (κ3) is 3.34. The van der Waals surface area contributed by atoms with Crippen LogP contribution < -0.4 is 5.32 Å². The molecule has 1 unspecified atom stereocenters. The number of hydrogen-bond acceptors (Lipinski definition) is 4. The Labute approximate surface area is 118 Å². The molecule has 6 heteroatoms. The molecule has 102 valence electrons. The maximum Gasteiger partial charge on any atom is 0.287 e. The van der Waals surface area contributed by atoms with E-state index in [0.717, 1.165) is 9.86 Å². The Kier molecular flexibility index (Phi) is 4.57. The van der Waals surface area contributed by atoms with Crippen molar-refractivity contribution in [3.8, 4) is 0 Å². The second-order valence-corrected chi connectivity index (χ2v) is 4.94. The van der Waals surface area contributed by atoms with Crippen LogP contribution in [0.4, 0.5) is 0 Å². The van der Waals surface area contributed by atoms with Crippen molar-refractivity contribution < 1.29 is 19.1 Å². The number of fused-ring (bicyclic) bond motifs is 1. The van der Waals surface area contributed by atoms with Gasteiger partial charge in [-0.2, -0.15) is 0 Å². The van der Waals surface area contributed by atoms with Crippen molar-refractivity contribution in [2.45, 2.75) is 6.10 Å². The molecule has 0 fully saturated rings. The van der Waals surface area contributed by atoms with E-state index in [1.807, 2.05) is 18.2 Å². The predicted molar refractivity (Wildman–Crippen MR) is 74.1 cm³/mol. The number of halogens is 1. The van der Waals surface area contributed by atoms with Gasteiger partial charge in [0.1, 0.15) is 5.58 Å². The second-order valence-electron chi connectivity index (χ2n) is 4.09. The zero-order chi connectivity index (χ0) is 13.8. The highest BCUT2D eigenvalue weighted by atomic mass is 79.9. The quantitative estimate of drug-likeness (QED) is 0.880. The van der Waals surface area contributed by atoms with E-state index in [1.54, 1.807) is 6.07 Å². The Balaban J connectivity index is 2.07. The lowest BCUT2D eigenvalue weighted by Crippen LogP contribution is -2.34. The maximum atomic E-state index is 11.9. The molecule has 0 saturated carbocycles. The van der Waals surface area contributed by atoms with Gasteiger partial charge in [-0.25, -0.2) is 0 Å². The van der Waals surface area contributed by atoms with Crippen LogP contribution in [0.25, 0.3) is 11.0 Å². The van der Waals surface area contributed by atoms with Crippen molar-refractivity contribution in [2.75, 3.05) is 20.3 Å². The Morgan fingerprint density at radius 2 is 2.37 bits per heavy atom. The number of nitrogens with one attached hydrogen (secondary N) is 1. The molecule has 2 rings (SSSR count). The van der Waals surface area contributed by atoms with E-state index in [4.69, 9.17) is 9.15 Å². The van der Waals surface area contributed by atoms with Gasteiger partial charge in [-0.15, -0.1) is 0 Å². The first-order valence-electron chi connectivity index (χ1n) is 5.75. The van der Waals surface area contributed by atoms with Crippen LogP contribution >= 0.6 is 15.9 Å². The van der Waals surface area contributed by atoms with Gasteiger partial charge in [0.2, 0.25) is 0 Å². The molecule has 5 nitrogen and oxygen atoms in total. The van der Waals surface area contributed by atoms with Crippen molar-refractivity contribution in [3.63, 3.8) is 0 Å². The Morgan fingerprint density at radius 3 is 3.05 bits per heavy atom. The number of aliphatic hydroxyl groups excluding tert-OH is 1. The summed E-state index contributed by atoms with van der Waals surface area (Å²) in [5.41, 5.74) is 0.630. The molecule has 0 bridgehead atoms. The predicted octanol–water partition coefficient (Wildman–Crippen LogP) is 1.93. The van der Waals surface area contributed by atoms with E-state index in [9.17, 15) is 9.90 Å². The summed E-state index contributed by atoms with van der Waals surface area (Å²) in [6.45, 7) is 0.289. The Bertz CT molecular complexity index is 581. The first-order chi connectivity index (χ1) is 9.11. The fourth-order valence-electron chi connectivity index (χ4n) is 1.69. The van der Waals surface area contributed by atoms with Crippen molar-refractivity contribution in [2.24, 2.45) is 0 Å². The minimum absolute atomic E-state index is 0.116. The van der Waals surface area contributed by atoms with E-state index in [0.29, 0.717) is 5.58 Å². The van der Waals surface area contributed by atoms with E-state index < -0.39 is 6.10 Å². The molecule has 2 aromatic rings. The number of aliphatic hydroxyl groups is 1. The molecule has 0 aliphatic carbocycles. The summed E-state index contributed by atoms with van der Waals surface area (Å²) in [7, 11) is 1.49. The van der Waals surface area contributed by atoms with Gasteiger partial charge < -0.3 is 19.6 Å². The monoisotopic (exact) mass is 327 g/mol. The number of carbonyl (C=O) groups is 1. The molecule has 2 N–H and O–H groups in total. The molecule has 0 saturated heterocycles. The Morgan fingerprint density at radius 1 is 1.58 bits per heavy atom. The average molecular weight is 328 g/mol. The second kappa shape index (κ2) is 6.18. The molecule has 0 aliphatic rings. The first-order valence-corrected chi connectivity index (χ1v) is 6.54. The molecule has 1 atom stereocenters. The van der Waals surface area contributed by atoms with Gasteiger partial charge in [0.25, 0.3) is 5.91 Å². The van der Waals surface area contributed by atoms with Gasteiger partial charge in [-0.05, 0) is 28.1 Å². The average Bonchev–Trinajstić information content (AvgIpc) is 2.82. The van der Waals surface area contributed by atoms with Gasteiger partial charge >= 0.3 is 0 Å². The van der Waals surface area contributed by atoms with Gasteiger partial charge in [0.05, 0.1) is 17.2 Å². The van der Waals surface area contributed by atoms with E-state index in [-0.39, 0.29) is 24.8 Å². The van der Waals surface area contributed by atoms with Crippen LogP contribution in [0.3, 0.4) is 0 Å². The summed E-state index contributed by atoms with van der Waals surface area (Å²) < 4.78 is 11.1. The van der Waals surface area contributed by atoms with E-state index in [1.165, 1.54) is 7.11 Å². The number of methoxy groups -OCH3 is 1.